The molecule has 0 saturated carbocycles. The Kier molecular flexibility index (Phi) is 4.39. The fourth-order valence-electron chi connectivity index (χ4n) is 3.47. The maximum Gasteiger partial charge on any atom is 0.322 e. The van der Waals surface area contributed by atoms with Crippen LogP contribution >= 0.6 is 0 Å². The number of fused-ring (bicyclic) bond motifs is 1. The van der Waals surface area contributed by atoms with Crippen molar-refractivity contribution in [1.82, 2.24) is 9.47 Å². The molecule has 0 spiro atoms. The van der Waals surface area contributed by atoms with Gasteiger partial charge in [0.2, 0.25) is 0 Å². The van der Waals surface area contributed by atoms with E-state index in [0.717, 1.165) is 23.4 Å². The summed E-state index contributed by atoms with van der Waals surface area (Å²) in [6.45, 7) is 3.08. The van der Waals surface area contributed by atoms with Gasteiger partial charge in [-0.2, -0.15) is 0 Å². The number of urea groups is 1. The lowest BCUT2D eigenvalue weighted by molar-refractivity contribution is 0.181. The van der Waals surface area contributed by atoms with Crippen LogP contribution in [-0.4, -0.2) is 22.0 Å². The summed E-state index contributed by atoms with van der Waals surface area (Å²) in [6.07, 6.45) is 1.93. The maximum absolute atomic E-state index is 13.8. The largest absolute Gasteiger partial charge is 0.348 e. The van der Waals surface area contributed by atoms with Crippen LogP contribution in [0.2, 0.25) is 0 Å². The minimum absolute atomic E-state index is 0.277. The summed E-state index contributed by atoms with van der Waals surface area (Å²) in [5.74, 6) is -1.82. The van der Waals surface area contributed by atoms with Gasteiger partial charge in [-0.3, -0.25) is 0 Å². The highest BCUT2D eigenvalue weighted by atomic mass is 19.2. The van der Waals surface area contributed by atoms with Crippen molar-refractivity contribution in [2.24, 2.45) is 0 Å². The number of halogens is 2. The zero-order valence-electron chi connectivity index (χ0n) is 14.8. The van der Waals surface area contributed by atoms with Crippen LogP contribution in [0.5, 0.6) is 0 Å². The number of aromatic nitrogens is 1. The first-order chi connectivity index (χ1) is 13.0. The first kappa shape index (κ1) is 17.3. The van der Waals surface area contributed by atoms with Crippen LogP contribution in [0.25, 0.3) is 0 Å². The molecule has 1 aliphatic rings. The molecule has 6 heteroatoms. The molecule has 4 rings (SSSR count). The predicted molar refractivity (Wildman–Crippen MR) is 99.5 cm³/mol. The molecule has 0 fully saturated rings. The van der Waals surface area contributed by atoms with Crippen molar-refractivity contribution in [3.63, 3.8) is 0 Å². The molecule has 2 heterocycles. The lowest BCUT2D eigenvalue weighted by Gasteiger charge is -2.37. The number of aryl methyl sites for hydroxylation is 1. The molecule has 3 aromatic rings. The fraction of sp³-hybridized carbons (Fsp3) is 0.190. The third-order valence-electron chi connectivity index (χ3n) is 4.86. The molecule has 0 radical (unpaired) electrons. The molecule has 4 nitrogen and oxygen atoms in total. The second kappa shape index (κ2) is 6.87. The zero-order chi connectivity index (χ0) is 19.0. The van der Waals surface area contributed by atoms with Crippen molar-refractivity contribution < 1.29 is 13.6 Å². The van der Waals surface area contributed by atoms with Crippen LogP contribution in [0.1, 0.15) is 22.9 Å². The van der Waals surface area contributed by atoms with Crippen LogP contribution in [0.3, 0.4) is 0 Å². The predicted octanol–water partition coefficient (Wildman–Crippen LogP) is 4.71. The quantitative estimate of drug-likeness (QED) is 0.700. The van der Waals surface area contributed by atoms with E-state index in [-0.39, 0.29) is 6.03 Å². The molecular weight excluding hydrogens is 348 g/mol. The molecule has 27 heavy (non-hydrogen) atoms. The Hall–Kier alpha value is -3.15. The molecule has 0 bridgehead atoms. The van der Waals surface area contributed by atoms with Gasteiger partial charge in [-0.25, -0.2) is 13.6 Å². The lowest BCUT2D eigenvalue weighted by atomic mass is 10.00. The second-order valence-electron chi connectivity index (χ2n) is 6.69. The summed E-state index contributed by atoms with van der Waals surface area (Å²) in [7, 11) is 0. The standard InChI is InChI=1S/C21H19F2N3O/c1-14-4-7-16(8-5-14)24-21(27)26-12-11-25-10-2-3-19(25)20(26)15-6-9-17(22)18(23)13-15/h2-10,13,20H,11-12H2,1H3,(H,24,27)/t20-/m1/s1. The van der Waals surface area contributed by atoms with Gasteiger partial charge in [0.05, 0.1) is 6.04 Å². The summed E-state index contributed by atoms with van der Waals surface area (Å²) in [5, 5.41) is 2.90. The first-order valence-electron chi connectivity index (χ1n) is 8.77. The molecule has 1 aliphatic heterocycles. The molecule has 2 aromatic carbocycles. The number of rotatable bonds is 2. The van der Waals surface area contributed by atoms with Crippen LogP contribution < -0.4 is 5.32 Å². The number of carbonyl (C=O) groups is 1. The molecule has 0 aliphatic carbocycles. The minimum atomic E-state index is -0.921. The van der Waals surface area contributed by atoms with Gasteiger partial charge in [0.15, 0.2) is 11.6 Å². The van der Waals surface area contributed by atoms with Gasteiger partial charge in [-0.05, 0) is 48.9 Å². The minimum Gasteiger partial charge on any atom is -0.348 e. The smallest absolute Gasteiger partial charge is 0.322 e. The van der Waals surface area contributed by atoms with Gasteiger partial charge >= 0.3 is 6.03 Å². The van der Waals surface area contributed by atoms with Gasteiger partial charge < -0.3 is 14.8 Å². The van der Waals surface area contributed by atoms with Gasteiger partial charge in [-0.1, -0.05) is 23.8 Å². The van der Waals surface area contributed by atoms with E-state index in [9.17, 15) is 13.6 Å². The van der Waals surface area contributed by atoms with Gasteiger partial charge in [0.25, 0.3) is 0 Å². The van der Waals surface area contributed by atoms with Crippen molar-refractivity contribution in [3.05, 3.63) is 89.2 Å². The summed E-state index contributed by atoms with van der Waals surface area (Å²) in [5.41, 5.74) is 3.19. The van der Waals surface area contributed by atoms with E-state index in [1.165, 1.54) is 6.07 Å². The van der Waals surface area contributed by atoms with E-state index >= 15 is 0 Å². The van der Waals surface area contributed by atoms with Gasteiger partial charge in [-0.15, -0.1) is 0 Å². The summed E-state index contributed by atoms with van der Waals surface area (Å²) in [6, 6.07) is 14.3. The van der Waals surface area contributed by atoms with E-state index < -0.39 is 17.7 Å². The zero-order valence-corrected chi connectivity index (χ0v) is 14.8. The van der Waals surface area contributed by atoms with Gasteiger partial charge in [0.1, 0.15) is 0 Å². The number of nitrogens with one attached hydrogen (secondary N) is 1. The topological polar surface area (TPSA) is 37.3 Å². The molecule has 0 saturated heterocycles. The number of anilines is 1. The lowest BCUT2D eigenvalue weighted by Crippen LogP contribution is -2.44. The molecular formula is C21H19F2N3O. The second-order valence-corrected chi connectivity index (χ2v) is 6.69. The highest BCUT2D eigenvalue weighted by Crippen LogP contribution is 2.33. The van der Waals surface area contributed by atoms with Crippen LogP contribution in [0, 0.1) is 18.6 Å². The average molecular weight is 367 g/mol. The Morgan fingerprint density at radius 1 is 1.04 bits per heavy atom. The van der Waals surface area contributed by atoms with Crippen molar-refractivity contribution in [2.75, 3.05) is 11.9 Å². The van der Waals surface area contributed by atoms with Crippen LogP contribution in [-0.2, 0) is 6.54 Å². The Morgan fingerprint density at radius 3 is 2.56 bits per heavy atom. The van der Waals surface area contributed by atoms with E-state index in [2.05, 4.69) is 5.32 Å². The third kappa shape index (κ3) is 3.30. The third-order valence-corrected chi connectivity index (χ3v) is 4.86. The molecule has 1 atom stereocenters. The number of amides is 2. The van der Waals surface area contributed by atoms with Crippen molar-refractivity contribution in [1.29, 1.82) is 0 Å². The monoisotopic (exact) mass is 367 g/mol. The highest BCUT2D eigenvalue weighted by molar-refractivity contribution is 5.90. The normalized spacial score (nSPS) is 16.1. The van der Waals surface area contributed by atoms with E-state index in [1.807, 2.05) is 54.1 Å². The van der Waals surface area contributed by atoms with Crippen molar-refractivity contribution >= 4 is 11.7 Å². The van der Waals surface area contributed by atoms with Crippen LogP contribution in [0.15, 0.2) is 60.8 Å². The summed E-state index contributed by atoms with van der Waals surface area (Å²) in [4.78, 5) is 14.6. The molecule has 138 valence electrons. The average Bonchev–Trinajstić information content (AvgIpc) is 3.14. The molecule has 2 amide bonds. The number of nitrogens with zero attached hydrogens (tertiary/aromatic N) is 2. The Bertz CT molecular complexity index is 981. The fourth-order valence-corrected chi connectivity index (χ4v) is 3.47. The first-order valence-corrected chi connectivity index (χ1v) is 8.77. The summed E-state index contributed by atoms with van der Waals surface area (Å²) >= 11 is 0. The van der Waals surface area contributed by atoms with E-state index in [1.54, 1.807) is 4.90 Å². The molecule has 1 N–H and O–H groups in total. The van der Waals surface area contributed by atoms with Gasteiger partial charge in [0, 0.05) is 30.7 Å². The molecule has 0 unspecified atom stereocenters. The highest BCUT2D eigenvalue weighted by Gasteiger charge is 2.32. The number of benzene rings is 2. The Labute approximate surface area is 156 Å². The SMILES string of the molecule is Cc1ccc(NC(=O)N2CCn3cccc3[C@H]2c2ccc(F)c(F)c2)cc1. The van der Waals surface area contributed by atoms with Crippen molar-refractivity contribution in [2.45, 2.75) is 19.5 Å². The summed E-state index contributed by atoms with van der Waals surface area (Å²) < 4.78 is 29.3. The number of carbonyl (C=O) groups excluding carboxylic acids is 1. The van der Waals surface area contributed by atoms with E-state index in [4.69, 9.17) is 0 Å². The maximum atomic E-state index is 13.8. The Balaban J connectivity index is 1.68. The molecule has 1 aromatic heterocycles. The Morgan fingerprint density at radius 2 is 1.81 bits per heavy atom. The van der Waals surface area contributed by atoms with Crippen molar-refractivity contribution in [3.8, 4) is 0 Å². The number of hydrogen-bond acceptors (Lipinski definition) is 1. The van der Waals surface area contributed by atoms with E-state index in [0.29, 0.717) is 24.3 Å². The number of hydrogen-bond donors (Lipinski definition) is 1. The van der Waals surface area contributed by atoms with Crippen LogP contribution in [0.4, 0.5) is 19.3 Å².